The van der Waals surface area contributed by atoms with Gasteiger partial charge in [-0.3, -0.25) is 4.79 Å². The number of benzene rings is 2. The zero-order valence-corrected chi connectivity index (χ0v) is 12.4. The van der Waals surface area contributed by atoms with Gasteiger partial charge in [-0.25, -0.2) is 0 Å². The number of carbonyl (C=O) groups excluding carboxylic acids is 1. The SMILES string of the molecule is COc1ccccc1C(=O)N(C)C(C)c1ccc(O)cc1. The van der Waals surface area contributed by atoms with Crippen LogP contribution in [0.3, 0.4) is 0 Å². The molecule has 0 aromatic heterocycles. The van der Waals surface area contributed by atoms with Crippen molar-refractivity contribution >= 4 is 5.91 Å². The molecule has 2 rings (SSSR count). The van der Waals surface area contributed by atoms with E-state index < -0.39 is 0 Å². The van der Waals surface area contributed by atoms with Crippen LogP contribution in [0.15, 0.2) is 48.5 Å². The van der Waals surface area contributed by atoms with Gasteiger partial charge in [-0.1, -0.05) is 24.3 Å². The molecule has 1 atom stereocenters. The molecule has 4 heteroatoms. The van der Waals surface area contributed by atoms with E-state index >= 15 is 0 Å². The summed E-state index contributed by atoms with van der Waals surface area (Å²) < 4.78 is 5.24. The zero-order chi connectivity index (χ0) is 15.4. The Balaban J connectivity index is 2.24. The number of hydrogen-bond donors (Lipinski definition) is 1. The molecule has 4 nitrogen and oxygen atoms in total. The first kappa shape index (κ1) is 14.9. The summed E-state index contributed by atoms with van der Waals surface area (Å²) >= 11 is 0. The summed E-state index contributed by atoms with van der Waals surface area (Å²) in [4.78, 5) is 14.3. The Morgan fingerprint density at radius 1 is 1.14 bits per heavy atom. The molecule has 0 aliphatic rings. The number of rotatable bonds is 4. The maximum absolute atomic E-state index is 12.6. The minimum atomic E-state index is -0.108. The Morgan fingerprint density at radius 3 is 2.38 bits per heavy atom. The summed E-state index contributed by atoms with van der Waals surface area (Å²) in [6, 6.07) is 13.9. The molecule has 0 fully saturated rings. The van der Waals surface area contributed by atoms with Crippen molar-refractivity contribution in [2.75, 3.05) is 14.2 Å². The molecular weight excluding hydrogens is 266 g/mol. The predicted octanol–water partition coefficient (Wildman–Crippen LogP) is 3.23. The Labute approximate surface area is 124 Å². The smallest absolute Gasteiger partial charge is 0.257 e. The van der Waals surface area contributed by atoms with E-state index in [9.17, 15) is 9.90 Å². The predicted molar refractivity (Wildman–Crippen MR) is 81.6 cm³/mol. The van der Waals surface area contributed by atoms with Crippen LogP contribution in [0.25, 0.3) is 0 Å². The van der Waals surface area contributed by atoms with Crippen LogP contribution in [-0.4, -0.2) is 30.1 Å². The molecule has 2 aromatic carbocycles. The number of carbonyl (C=O) groups is 1. The number of aromatic hydroxyl groups is 1. The van der Waals surface area contributed by atoms with Crippen LogP contribution in [0.5, 0.6) is 11.5 Å². The molecule has 1 N–H and O–H groups in total. The molecule has 0 heterocycles. The van der Waals surface area contributed by atoms with Crippen LogP contribution >= 0.6 is 0 Å². The molecule has 0 saturated heterocycles. The highest BCUT2D eigenvalue weighted by atomic mass is 16.5. The second-order valence-electron chi connectivity index (χ2n) is 4.88. The van der Waals surface area contributed by atoms with Gasteiger partial charge in [-0.15, -0.1) is 0 Å². The molecule has 21 heavy (non-hydrogen) atoms. The first-order valence-electron chi connectivity index (χ1n) is 6.73. The quantitative estimate of drug-likeness (QED) is 0.938. The lowest BCUT2D eigenvalue weighted by atomic mass is 10.1. The van der Waals surface area contributed by atoms with Crippen LogP contribution in [0.4, 0.5) is 0 Å². The molecule has 0 bridgehead atoms. The number of ether oxygens (including phenoxy) is 1. The van der Waals surface area contributed by atoms with E-state index in [1.807, 2.05) is 31.2 Å². The van der Waals surface area contributed by atoms with Crippen molar-refractivity contribution in [1.82, 2.24) is 4.90 Å². The van der Waals surface area contributed by atoms with Gasteiger partial charge in [0.25, 0.3) is 5.91 Å². The molecule has 110 valence electrons. The van der Waals surface area contributed by atoms with Gasteiger partial charge in [-0.05, 0) is 36.8 Å². The van der Waals surface area contributed by atoms with Gasteiger partial charge < -0.3 is 14.7 Å². The molecule has 0 radical (unpaired) electrons. The maximum atomic E-state index is 12.6. The van der Waals surface area contributed by atoms with Crippen LogP contribution in [-0.2, 0) is 0 Å². The highest BCUT2D eigenvalue weighted by Crippen LogP contribution is 2.25. The molecule has 1 amide bonds. The summed E-state index contributed by atoms with van der Waals surface area (Å²) in [6.45, 7) is 1.94. The lowest BCUT2D eigenvalue weighted by Crippen LogP contribution is -2.29. The van der Waals surface area contributed by atoms with Crippen molar-refractivity contribution in [2.24, 2.45) is 0 Å². The highest BCUT2D eigenvalue weighted by Gasteiger charge is 2.21. The summed E-state index contributed by atoms with van der Waals surface area (Å²) in [7, 11) is 3.31. The fourth-order valence-corrected chi connectivity index (χ4v) is 2.16. The lowest BCUT2D eigenvalue weighted by molar-refractivity contribution is 0.0739. The van der Waals surface area contributed by atoms with Crippen molar-refractivity contribution in [3.63, 3.8) is 0 Å². The van der Waals surface area contributed by atoms with Gasteiger partial charge in [0.2, 0.25) is 0 Å². The van der Waals surface area contributed by atoms with Crippen LogP contribution < -0.4 is 4.74 Å². The minimum Gasteiger partial charge on any atom is -0.508 e. The number of hydrogen-bond acceptors (Lipinski definition) is 3. The Bertz CT molecular complexity index is 622. The Morgan fingerprint density at radius 2 is 1.76 bits per heavy atom. The highest BCUT2D eigenvalue weighted by molar-refractivity contribution is 5.97. The summed E-state index contributed by atoms with van der Waals surface area (Å²) in [5.74, 6) is 0.671. The third kappa shape index (κ3) is 3.16. The molecule has 0 saturated carbocycles. The lowest BCUT2D eigenvalue weighted by Gasteiger charge is -2.26. The van der Waals surface area contributed by atoms with E-state index in [-0.39, 0.29) is 17.7 Å². The summed E-state index contributed by atoms with van der Waals surface area (Å²) in [5, 5.41) is 9.34. The molecular formula is C17H19NO3. The average molecular weight is 285 g/mol. The number of amides is 1. The third-order valence-electron chi connectivity index (χ3n) is 3.61. The van der Waals surface area contributed by atoms with Gasteiger partial charge in [0, 0.05) is 7.05 Å². The van der Waals surface area contributed by atoms with Crippen molar-refractivity contribution in [3.05, 3.63) is 59.7 Å². The van der Waals surface area contributed by atoms with E-state index in [2.05, 4.69) is 0 Å². The zero-order valence-electron chi connectivity index (χ0n) is 12.4. The number of phenols is 1. The van der Waals surface area contributed by atoms with Crippen LogP contribution in [0, 0.1) is 0 Å². The van der Waals surface area contributed by atoms with Crippen molar-refractivity contribution in [2.45, 2.75) is 13.0 Å². The summed E-state index contributed by atoms with van der Waals surface area (Å²) in [6.07, 6.45) is 0. The van der Waals surface area contributed by atoms with Gasteiger partial charge in [-0.2, -0.15) is 0 Å². The molecule has 2 aromatic rings. The van der Waals surface area contributed by atoms with Crippen molar-refractivity contribution in [3.8, 4) is 11.5 Å². The molecule has 1 unspecified atom stereocenters. The molecule has 0 aliphatic heterocycles. The van der Waals surface area contributed by atoms with Gasteiger partial charge in [0.15, 0.2) is 0 Å². The van der Waals surface area contributed by atoms with Crippen molar-refractivity contribution < 1.29 is 14.6 Å². The minimum absolute atomic E-state index is 0.104. The number of methoxy groups -OCH3 is 1. The molecule has 0 spiro atoms. The number of nitrogens with zero attached hydrogens (tertiary/aromatic N) is 1. The van der Waals surface area contributed by atoms with Crippen LogP contribution in [0.1, 0.15) is 28.9 Å². The van der Waals surface area contributed by atoms with Crippen LogP contribution in [0.2, 0.25) is 0 Å². The van der Waals surface area contributed by atoms with Gasteiger partial charge in [0.05, 0.1) is 18.7 Å². The standard InChI is InChI=1S/C17H19NO3/c1-12(13-8-10-14(19)11-9-13)18(2)17(20)15-6-4-5-7-16(15)21-3/h4-12,19H,1-3H3. The van der Waals surface area contributed by atoms with E-state index in [0.717, 1.165) is 5.56 Å². The van der Waals surface area contributed by atoms with E-state index in [1.54, 1.807) is 43.3 Å². The summed E-state index contributed by atoms with van der Waals surface area (Å²) in [5.41, 5.74) is 1.49. The first-order chi connectivity index (χ1) is 10.0. The van der Waals surface area contributed by atoms with Gasteiger partial charge >= 0.3 is 0 Å². The largest absolute Gasteiger partial charge is 0.508 e. The number of para-hydroxylation sites is 1. The van der Waals surface area contributed by atoms with Gasteiger partial charge in [0.1, 0.15) is 11.5 Å². The number of phenolic OH excluding ortho intramolecular Hbond substituents is 1. The maximum Gasteiger partial charge on any atom is 0.257 e. The first-order valence-corrected chi connectivity index (χ1v) is 6.73. The Kier molecular flexibility index (Phi) is 4.48. The van der Waals surface area contributed by atoms with Crippen molar-refractivity contribution in [1.29, 1.82) is 0 Å². The monoisotopic (exact) mass is 285 g/mol. The molecule has 0 aliphatic carbocycles. The van der Waals surface area contributed by atoms with E-state index in [1.165, 1.54) is 0 Å². The fourth-order valence-electron chi connectivity index (χ4n) is 2.16. The second kappa shape index (κ2) is 6.31. The van der Waals surface area contributed by atoms with E-state index in [0.29, 0.717) is 11.3 Å². The third-order valence-corrected chi connectivity index (χ3v) is 3.61. The van der Waals surface area contributed by atoms with E-state index in [4.69, 9.17) is 4.74 Å². The fraction of sp³-hybridized carbons (Fsp3) is 0.235. The normalized spacial score (nSPS) is 11.8. The second-order valence-corrected chi connectivity index (χ2v) is 4.88. The Hall–Kier alpha value is -2.49. The average Bonchev–Trinajstić information content (AvgIpc) is 2.53. The topological polar surface area (TPSA) is 49.8 Å².